The van der Waals surface area contributed by atoms with Gasteiger partial charge < -0.3 is 20.3 Å². The Kier molecular flexibility index (Phi) is 5.71. The Morgan fingerprint density at radius 1 is 1.45 bits per heavy atom. The average Bonchev–Trinajstić information content (AvgIpc) is 2.50. The van der Waals surface area contributed by atoms with E-state index in [1.54, 1.807) is 11.8 Å². The van der Waals surface area contributed by atoms with E-state index in [2.05, 4.69) is 10.6 Å². The monoisotopic (exact) mass is 321 g/mol. The summed E-state index contributed by atoms with van der Waals surface area (Å²) in [4.78, 5) is 25.5. The number of anilines is 1. The lowest BCUT2D eigenvalue weighted by molar-refractivity contribution is -0.147. The summed E-state index contributed by atoms with van der Waals surface area (Å²) in [7, 11) is 0. The fraction of sp³-hybridized carbons (Fsp3) is 0.400. The molecule has 0 unspecified atom stereocenters. The summed E-state index contributed by atoms with van der Waals surface area (Å²) in [5.41, 5.74) is 0.841. The van der Waals surface area contributed by atoms with Crippen molar-refractivity contribution in [2.24, 2.45) is 0 Å². The van der Waals surface area contributed by atoms with Crippen LogP contribution in [0.1, 0.15) is 13.3 Å². The van der Waals surface area contributed by atoms with Gasteiger partial charge in [-0.15, -0.1) is 0 Å². The van der Waals surface area contributed by atoms with E-state index in [0.29, 0.717) is 24.8 Å². The van der Waals surface area contributed by atoms with Crippen LogP contribution in [0.4, 0.5) is 5.69 Å². The molecule has 0 aliphatic carbocycles. The molecule has 1 heterocycles. The van der Waals surface area contributed by atoms with Crippen LogP contribution in [0.25, 0.3) is 0 Å². The number of rotatable bonds is 4. The number of benzene rings is 1. The van der Waals surface area contributed by atoms with Crippen molar-refractivity contribution in [3.63, 3.8) is 0 Å². The highest BCUT2D eigenvalue weighted by molar-refractivity contribution is 7.80. The number of para-hydroxylation sites is 1. The van der Waals surface area contributed by atoms with Gasteiger partial charge in [-0.25, -0.2) is 0 Å². The topological polar surface area (TPSA) is 70.7 Å². The first kappa shape index (κ1) is 16.2. The summed E-state index contributed by atoms with van der Waals surface area (Å²) in [6.07, 6.45) is -0.0176. The number of piperazine rings is 1. The SMILES string of the molecule is CCOC(=O)C[C@@H]1C(=O)NCCN1C(=S)Nc1ccccc1. The maximum atomic E-state index is 12.1. The molecule has 22 heavy (non-hydrogen) atoms. The molecule has 0 aromatic heterocycles. The van der Waals surface area contributed by atoms with Crippen LogP contribution in [0.15, 0.2) is 30.3 Å². The lowest BCUT2D eigenvalue weighted by Gasteiger charge is -2.36. The highest BCUT2D eigenvalue weighted by Crippen LogP contribution is 2.14. The second kappa shape index (κ2) is 7.74. The molecule has 1 atom stereocenters. The number of thiocarbonyl (C=S) groups is 1. The van der Waals surface area contributed by atoms with Gasteiger partial charge in [0.2, 0.25) is 5.91 Å². The zero-order valence-electron chi connectivity index (χ0n) is 12.4. The molecule has 1 fully saturated rings. The molecule has 0 bridgehead atoms. The number of ether oxygens (including phenoxy) is 1. The molecule has 1 aromatic rings. The second-order valence-corrected chi connectivity index (χ2v) is 5.19. The Hall–Kier alpha value is -2.15. The minimum atomic E-state index is -0.642. The van der Waals surface area contributed by atoms with Crippen molar-refractivity contribution in [1.82, 2.24) is 10.2 Å². The van der Waals surface area contributed by atoms with Crippen LogP contribution in [-0.4, -0.2) is 47.6 Å². The van der Waals surface area contributed by atoms with Crippen LogP contribution in [0.3, 0.4) is 0 Å². The van der Waals surface area contributed by atoms with Gasteiger partial charge in [0.1, 0.15) is 6.04 Å². The van der Waals surface area contributed by atoms with Crippen LogP contribution in [0.2, 0.25) is 0 Å². The molecule has 118 valence electrons. The van der Waals surface area contributed by atoms with Crippen molar-refractivity contribution in [1.29, 1.82) is 0 Å². The van der Waals surface area contributed by atoms with Crippen molar-refractivity contribution in [3.05, 3.63) is 30.3 Å². The van der Waals surface area contributed by atoms with Gasteiger partial charge in [-0.05, 0) is 31.3 Å². The van der Waals surface area contributed by atoms with Crippen molar-refractivity contribution in [2.75, 3.05) is 25.0 Å². The first-order valence-electron chi connectivity index (χ1n) is 7.18. The predicted molar refractivity (Wildman–Crippen MR) is 87.4 cm³/mol. The Balaban J connectivity index is 2.06. The molecule has 1 aliphatic heterocycles. The highest BCUT2D eigenvalue weighted by atomic mass is 32.1. The minimum Gasteiger partial charge on any atom is -0.466 e. The molecule has 7 heteroatoms. The number of carbonyl (C=O) groups excluding carboxylic acids is 2. The van der Waals surface area contributed by atoms with Gasteiger partial charge in [-0.2, -0.15) is 0 Å². The Bertz CT molecular complexity index is 550. The summed E-state index contributed by atoms with van der Waals surface area (Å²) in [6.45, 7) is 3.07. The van der Waals surface area contributed by atoms with Crippen LogP contribution in [-0.2, 0) is 14.3 Å². The number of carbonyl (C=O) groups is 2. The predicted octanol–water partition coefficient (Wildman–Crippen LogP) is 1.14. The fourth-order valence-corrected chi connectivity index (χ4v) is 2.59. The van der Waals surface area contributed by atoms with Crippen LogP contribution in [0.5, 0.6) is 0 Å². The maximum absolute atomic E-state index is 12.1. The molecule has 1 aromatic carbocycles. The largest absolute Gasteiger partial charge is 0.466 e. The fourth-order valence-electron chi connectivity index (χ4n) is 2.26. The summed E-state index contributed by atoms with van der Waals surface area (Å²) < 4.78 is 4.93. The molecule has 0 radical (unpaired) electrons. The third kappa shape index (κ3) is 4.17. The highest BCUT2D eigenvalue weighted by Gasteiger charge is 2.33. The van der Waals surface area contributed by atoms with E-state index in [4.69, 9.17) is 17.0 Å². The maximum Gasteiger partial charge on any atom is 0.308 e. The first-order valence-corrected chi connectivity index (χ1v) is 7.58. The van der Waals surface area contributed by atoms with Gasteiger partial charge >= 0.3 is 5.97 Å². The summed E-state index contributed by atoms with van der Waals surface area (Å²) in [5.74, 6) is -0.617. The molecule has 0 saturated carbocycles. The Labute approximate surface area is 134 Å². The van der Waals surface area contributed by atoms with Crippen LogP contribution >= 0.6 is 12.2 Å². The van der Waals surface area contributed by atoms with Crippen LogP contribution in [0, 0.1) is 0 Å². The number of esters is 1. The van der Waals surface area contributed by atoms with Gasteiger partial charge in [0.25, 0.3) is 0 Å². The lowest BCUT2D eigenvalue weighted by atomic mass is 10.1. The standard InChI is InChI=1S/C15H19N3O3S/c1-2-21-13(19)10-12-14(20)16-8-9-18(12)15(22)17-11-6-4-3-5-7-11/h3-7,12H,2,8-10H2,1H3,(H,16,20)(H,17,22)/t12-/m1/s1. The summed E-state index contributed by atoms with van der Waals surface area (Å²) in [5, 5.41) is 6.27. The van der Waals surface area contributed by atoms with Gasteiger partial charge in [-0.1, -0.05) is 18.2 Å². The smallest absolute Gasteiger partial charge is 0.308 e. The molecule has 0 spiro atoms. The number of amides is 1. The quantitative estimate of drug-likeness (QED) is 0.640. The van der Waals surface area contributed by atoms with Crippen molar-refractivity contribution < 1.29 is 14.3 Å². The Morgan fingerprint density at radius 3 is 2.86 bits per heavy atom. The second-order valence-electron chi connectivity index (χ2n) is 4.81. The third-order valence-corrected chi connectivity index (χ3v) is 3.62. The minimum absolute atomic E-state index is 0.0176. The number of nitrogens with one attached hydrogen (secondary N) is 2. The molecule has 1 saturated heterocycles. The molecular formula is C15H19N3O3S. The van der Waals surface area contributed by atoms with Crippen molar-refractivity contribution >= 4 is 34.9 Å². The Morgan fingerprint density at radius 2 is 2.18 bits per heavy atom. The number of nitrogens with zero attached hydrogens (tertiary/aromatic N) is 1. The lowest BCUT2D eigenvalue weighted by Crippen LogP contribution is -2.58. The average molecular weight is 321 g/mol. The third-order valence-electron chi connectivity index (χ3n) is 3.28. The molecule has 2 N–H and O–H groups in total. The van der Waals surface area contributed by atoms with Gasteiger partial charge in [0.15, 0.2) is 5.11 Å². The van der Waals surface area contributed by atoms with E-state index < -0.39 is 12.0 Å². The van der Waals surface area contributed by atoms with E-state index in [1.807, 2.05) is 30.3 Å². The molecular weight excluding hydrogens is 302 g/mol. The molecule has 6 nitrogen and oxygen atoms in total. The summed E-state index contributed by atoms with van der Waals surface area (Å²) in [6, 6.07) is 8.82. The van der Waals surface area contributed by atoms with Gasteiger partial charge in [0, 0.05) is 18.8 Å². The van der Waals surface area contributed by atoms with Crippen LogP contribution < -0.4 is 10.6 Å². The van der Waals surface area contributed by atoms with E-state index in [0.717, 1.165) is 5.69 Å². The zero-order chi connectivity index (χ0) is 15.9. The van der Waals surface area contributed by atoms with Gasteiger partial charge in [0.05, 0.1) is 13.0 Å². The van der Waals surface area contributed by atoms with E-state index in [-0.39, 0.29) is 12.3 Å². The first-order chi connectivity index (χ1) is 10.6. The summed E-state index contributed by atoms with van der Waals surface area (Å²) >= 11 is 5.39. The normalized spacial score (nSPS) is 17.6. The zero-order valence-corrected chi connectivity index (χ0v) is 13.2. The van der Waals surface area contributed by atoms with E-state index in [9.17, 15) is 9.59 Å². The molecule has 1 aliphatic rings. The number of hydrogen-bond acceptors (Lipinski definition) is 4. The van der Waals surface area contributed by atoms with E-state index >= 15 is 0 Å². The van der Waals surface area contributed by atoms with E-state index in [1.165, 1.54) is 0 Å². The van der Waals surface area contributed by atoms with Gasteiger partial charge in [-0.3, -0.25) is 9.59 Å². The molecule has 1 amide bonds. The van der Waals surface area contributed by atoms with Crippen molar-refractivity contribution in [2.45, 2.75) is 19.4 Å². The molecule has 2 rings (SSSR count). The number of hydrogen-bond donors (Lipinski definition) is 2. The van der Waals surface area contributed by atoms with Crippen molar-refractivity contribution in [3.8, 4) is 0 Å².